The lowest BCUT2D eigenvalue weighted by atomic mass is 9.83. The van der Waals surface area contributed by atoms with Crippen molar-refractivity contribution in [2.45, 2.75) is 18.9 Å². The van der Waals surface area contributed by atoms with Crippen molar-refractivity contribution in [3.8, 4) is 23.0 Å². The Morgan fingerprint density at radius 2 is 1.28 bits per heavy atom. The van der Waals surface area contributed by atoms with Crippen LogP contribution in [0.15, 0.2) is 47.5 Å². The lowest BCUT2D eigenvalue weighted by Crippen LogP contribution is -2.43. The fraction of sp³-hybridized carbons (Fsp3) is 0.357. The Balaban J connectivity index is 1.99. The molecule has 0 unspecified atom stereocenters. The third kappa shape index (κ3) is 6.66. The van der Waals surface area contributed by atoms with Gasteiger partial charge in [-0.1, -0.05) is 12.1 Å². The molecule has 0 aliphatic heterocycles. The number of hydrogen-bond acceptors (Lipinski definition) is 7. The maximum absolute atomic E-state index is 13.5. The number of hydrogen-bond donors (Lipinski definition) is 1. The Bertz CT molecular complexity index is 1090. The molecule has 0 bridgehead atoms. The molecule has 2 aromatic carbocycles. The highest BCUT2D eigenvalue weighted by atomic mass is 16.5. The molecule has 0 radical (unpaired) electrons. The van der Waals surface area contributed by atoms with Crippen LogP contribution in [0.1, 0.15) is 24.0 Å². The molecule has 0 spiro atoms. The predicted octanol–water partition coefficient (Wildman–Crippen LogP) is 3.60. The molecule has 8 heteroatoms. The highest BCUT2D eigenvalue weighted by Crippen LogP contribution is 2.33. The van der Waals surface area contributed by atoms with Gasteiger partial charge in [-0.2, -0.15) is 0 Å². The van der Waals surface area contributed by atoms with Crippen molar-refractivity contribution in [1.29, 1.82) is 0 Å². The molecule has 1 aliphatic rings. The van der Waals surface area contributed by atoms with E-state index in [1.807, 2.05) is 55.4 Å². The van der Waals surface area contributed by atoms with Crippen LogP contribution in [0, 0.1) is 0 Å². The minimum Gasteiger partial charge on any atom is -0.493 e. The Kier molecular flexibility index (Phi) is 9.13. The monoisotopic (exact) mass is 494 g/mol. The zero-order valence-corrected chi connectivity index (χ0v) is 21.7. The number of amides is 1. The summed E-state index contributed by atoms with van der Waals surface area (Å²) < 4.78 is 21.5. The zero-order valence-electron chi connectivity index (χ0n) is 21.7. The van der Waals surface area contributed by atoms with Gasteiger partial charge in [0.25, 0.3) is 0 Å². The van der Waals surface area contributed by atoms with E-state index in [1.165, 1.54) is 0 Å². The van der Waals surface area contributed by atoms with Gasteiger partial charge in [-0.25, -0.2) is 0 Å². The molecule has 1 fully saturated rings. The predicted molar refractivity (Wildman–Crippen MR) is 140 cm³/mol. The second-order valence-electron chi connectivity index (χ2n) is 8.81. The van der Waals surface area contributed by atoms with E-state index in [2.05, 4.69) is 5.32 Å². The summed E-state index contributed by atoms with van der Waals surface area (Å²) in [7, 11) is 9.98. The number of benzene rings is 2. The highest BCUT2D eigenvalue weighted by Gasteiger charge is 2.29. The van der Waals surface area contributed by atoms with Crippen LogP contribution in [0.25, 0.3) is 12.2 Å². The summed E-state index contributed by atoms with van der Waals surface area (Å²) in [4.78, 5) is 27.8. The summed E-state index contributed by atoms with van der Waals surface area (Å²) in [6, 6.07) is 10.8. The van der Waals surface area contributed by atoms with E-state index in [4.69, 9.17) is 18.9 Å². The molecule has 8 nitrogen and oxygen atoms in total. The quantitative estimate of drug-likeness (QED) is 0.533. The number of methoxy groups -OCH3 is 4. The van der Waals surface area contributed by atoms with E-state index >= 15 is 0 Å². The van der Waals surface area contributed by atoms with Gasteiger partial charge in [-0.05, 0) is 74.5 Å². The van der Waals surface area contributed by atoms with Crippen LogP contribution in [0.3, 0.4) is 0 Å². The molecule has 0 aromatic heterocycles. The summed E-state index contributed by atoms with van der Waals surface area (Å²) in [6.45, 7) is 0.272. The standard InChI is InChI=1S/C28H34N2O6/c1-30(2)17-27(31)29-22-15-20(11-18-7-9-23(33-3)25(13-18)35-5)28(32)21(16-22)12-19-8-10-24(34-4)26(14-19)36-6/h7-14,22H,15-17H2,1-6H3,(H,29,31)/b20-11+,21-12+. The third-order valence-electron chi connectivity index (χ3n) is 5.84. The van der Waals surface area contributed by atoms with Gasteiger partial charge in [-0.15, -0.1) is 0 Å². The van der Waals surface area contributed by atoms with Crippen molar-refractivity contribution in [2.24, 2.45) is 0 Å². The van der Waals surface area contributed by atoms with E-state index in [0.29, 0.717) is 47.0 Å². The minimum atomic E-state index is -0.215. The molecule has 1 amide bonds. The molecule has 0 heterocycles. The van der Waals surface area contributed by atoms with E-state index in [-0.39, 0.29) is 24.3 Å². The van der Waals surface area contributed by atoms with Crippen molar-refractivity contribution in [2.75, 3.05) is 49.1 Å². The number of carbonyl (C=O) groups is 2. The van der Waals surface area contributed by atoms with Crippen molar-refractivity contribution < 1.29 is 28.5 Å². The topological polar surface area (TPSA) is 86.3 Å². The average molecular weight is 495 g/mol. The molecular formula is C28H34N2O6. The molecule has 0 atom stereocenters. The summed E-state index contributed by atoms with van der Waals surface area (Å²) in [6.07, 6.45) is 4.54. The van der Waals surface area contributed by atoms with Gasteiger partial charge in [0.1, 0.15) is 0 Å². The second-order valence-corrected chi connectivity index (χ2v) is 8.81. The number of ketones is 1. The second kappa shape index (κ2) is 12.3. The van der Waals surface area contributed by atoms with Gasteiger partial charge in [-0.3, -0.25) is 9.59 Å². The SMILES string of the molecule is COc1ccc(/C=C2\CC(NC(=O)CN(C)C)C/C(=C\c3ccc(OC)c(OC)c3)C2=O)cc1OC. The average Bonchev–Trinajstić information content (AvgIpc) is 2.85. The summed E-state index contributed by atoms with van der Waals surface area (Å²) in [5.74, 6) is 2.22. The first-order chi connectivity index (χ1) is 17.3. The third-order valence-corrected chi connectivity index (χ3v) is 5.84. The van der Waals surface area contributed by atoms with Gasteiger partial charge >= 0.3 is 0 Å². The summed E-state index contributed by atoms with van der Waals surface area (Å²) in [5, 5.41) is 3.08. The highest BCUT2D eigenvalue weighted by molar-refractivity contribution is 6.14. The van der Waals surface area contributed by atoms with Crippen LogP contribution < -0.4 is 24.3 Å². The molecule has 36 heavy (non-hydrogen) atoms. The van der Waals surface area contributed by atoms with Crippen molar-refractivity contribution >= 4 is 23.8 Å². The Morgan fingerprint density at radius 1 is 0.833 bits per heavy atom. The van der Waals surface area contributed by atoms with Crippen LogP contribution in [0.5, 0.6) is 23.0 Å². The fourth-order valence-electron chi connectivity index (χ4n) is 4.19. The van der Waals surface area contributed by atoms with E-state index in [9.17, 15) is 9.59 Å². The van der Waals surface area contributed by atoms with E-state index in [1.54, 1.807) is 40.6 Å². The molecular weight excluding hydrogens is 460 g/mol. The number of carbonyl (C=O) groups excluding carboxylic acids is 2. The van der Waals surface area contributed by atoms with Gasteiger partial charge in [0.15, 0.2) is 28.8 Å². The Morgan fingerprint density at radius 3 is 1.67 bits per heavy atom. The van der Waals surface area contributed by atoms with Gasteiger partial charge in [0.05, 0.1) is 35.0 Å². The van der Waals surface area contributed by atoms with Crippen LogP contribution in [-0.2, 0) is 9.59 Å². The summed E-state index contributed by atoms with van der Waals surface area (Å²) in [5.41, 5.74) is 2.83. The molecule has 2 aromatic rings. The van der Waals surface area contributed by atoms with Gasteiger partial charge < -0.3 is 29.2 Å². The maximum atomic E-state index is 13.5. The molecule has 3 rings (SSSR count). The Hall–Kier alpha value is -3.78. The lowest BCUT2D eigenvalue weighted by molar-refractivity contribution is -0.123. The van der Waals surface area contributed by atoms with Crippen LogP contribution in [0.2, 0.25) is 0 Å². The zero-order chi connectivity index (χ0) is 26.2. The normalized spacial score (nSPS) is 17.9. The molecule has 1 aliphatic carbocycles. The van der Waals surface area contributed by atoms with Gasteiger partial charge in [0.2, 0.25) is 5.91 Å². The first kappa shape index (κ1) is 26.8. The number of rotatable bonds is 9. The minimum absolute atomic E-state index is 0.0577. The summed E-state index contributed by atoms with van der Waals surface area (Å²) >= 11 is 0. The number of Topliss-reactive ketones (excluding diaryl/α,β-unsaturated/α-hetero) is 1. The molecule has 192 valence electrons. The molecule has 0 saturated heterocycles. The maximum Gasteiger partial charge on any atom is 0.234 e. The van der Waals surface area contributed by atoms with Crippen LogP contribution >= 0.6 is 0 Å². The van der Waals surface area contributed by atoms with Crippen LogP contribution in [-0.4, -0.2) is 71.7 Å². The number of ether oxygens (including phenoxy) is 4. The fourth-order valence-corrected chi connectivity index (χ4v) is 4.19. The van der Waals surface area contributed by atoms with Crippen molar-refractivity contribution in [3.63, 3.8) is 0 Å². The Labute approximate surface area is 212 Å². The molecule has 1 N–H and O–H groups in total. The van der Waals surface area contributed by atoms with Crippen molar-refractivity contribution in [3.05, 3.63) is 58.7 Å². The number of nitrogens with zero attached hydrogens (tertiary/aromatic N) is 1. The van der Waals surface area contributed by atoms with E-state index < -0.39 is 0 Å². The number of likely N-dealkylation sites (N-methyl/N-ethyl adjacent to an activating group) is 1. The van der Waals surface area contributed by atoms with E-state index in [0.717, 1.165) is 11.1 Å². The first-order valence-electron chi connectivity index (χ1n) is 11.6. The molecule has 1 saturated carbocycles. The first-order valence-corrected chi connectivity index (χ1v) is 11.6. The van der Waals surface area contributed by atoms with Gasteiger partial charge in [0, 0.05) is 17.2 Å². The number of nitrogens with one attached hydrogen (secondary N) is 1. The largest absolute Gasteiger partial charge is 0.493 e. The smallest absolute Gasteiger partial charge is 0.234 e. The van der Waals surface area contributed by atoms with Crippen molar-refractivity contribution in [1.82, 2.24) is 10.2 Å². The van der Waals surface area contributed by atoms with Crippen LogP contribution in [0.4, 0.5) is 0 Å². The lowest BCUT2D eigenvalue weighted by Gasteiger charge is -2.27.